The Kier molecular flexibility index (Phi) is 13.4. The molecule has 0 saturated heterocycles. The van der Waals surface area contributed by atoms with Crippen molar-refractivity contribution in [1.29, 1.82) is 0 Å². The van der Waals surface area contributed by atoms with Crippen molar-refractivity contribution in [2.45, 2.75) is 72.6 Å². The normalized spacial score (nSPS) is 16.7. The van der Waals surface area contributed by atoms with Crippen molar-refractivity contribution in [3.05, 3.63) is 191 Å². The third-order valence-corrected chi connectivity index (χ3v) is 9.41. The monoisotopic (exact) mass is 655 g/mol. The van der Waals surface area contributed by atoms with Crippen LogP contribution in [0.5, 0.6) is 0 Å². The molecule has 0 unspecified atom stereocenters. The molecule has 3 aliphatic rings. The average Bonchev–Trinajstić information content (AvgIpc) is 3.20. The van der Waals surface area contributed by atoms with Gasteiger partial charge in [0.15, 0.2) is 0 Å². The molecule has 0 atom stereocenters. The second-order valence-corrected chi connectivity index (χ2v) is 12.7. The largest absolute Gasteiger partial charge is 0.398 e. The zero-order valence-electron chi connectivity index (χ0n) is 30.5. The van der Waals surface area contributed by atoms with E-state index in [1.54, 1.807) is 0 Å². The second kappa shape index (κ2) is 18.6. The molecule has 3 aliphatic carbocycles. The zero-order chi connectivity index (χ0) is 35.1. The molecule has 1 heteroatoms. The van der Waals surface area contributed by atoms with Crippen molar-refractivity contribution in [2.75, 3.05) is 0 Å². The lowest BCUT2D eigenvalue weighted by molar-refractivity contribution is 0.962. The molecule has 3 aromatic carbocycles. The third-order valence-electron chi connectivity index (χ3n) is 9.41. The molecule has 0 aliphatic heterocycles. The highest BCUT2D eigenvalue weighted by Gasteiger charge is 2.14. The summed E-state index contributed by atoms with van der Waals surface area (Å²) in [7, 11) is 0. The summed E-state index contributed by atoms with van der Waals surface area (Å²) in [6.45, 7) is 8.21. The lowest BCUT2D eigenvalue weighted by Crippen LogP contribution is -1.98. The van der Waals surface area contributed by atoms with E-state index in [0.29, 0.717) is 0 Å². The summed E-state index contributed by atoms with van der Waals surface area (Å²) in [6.07, 6.45) is 37.1. The van der Waals surface area contributed by atoms with E-state index < -0.39 is 0 Å². The molecular formula is C49H53N. The van der Waals surface area contributed by atoms with E-state index in [9.17, 15) is 0 Å². The molecule has 50 heavy (non-hydrogen) atoms. The Labute approximate surface area is 301 Å². The minimum atomic E-state index is 0.771. The molecule has 254 valence electrons. The van der Waals surface area contributed by atoms with E-state index >= 15 is 0 Å². The van der Waals surface area contributed by atoms with Gasteiger partial charge in [0.25, 0.3) is 0 Å². The predicted molar refractivity (Wildman–Crippen MR) is 221 cm³/mol. The van der Waals surface area contributed by atoms with Gasteiger partial charge in [0.2, 0.25) is 0 Å². The first kappa shape index (κ1) is 36.1. The molecule has 0 radical (unpaired) electrons. The van der Waals surface area contributed by atoms with Gasteiger partial charge in [-0.2, -0.15) is 0 Å². The quantitative estimate of drug-likeness (QED) is 0.216. The summed E-state index contributed by atoms with van der Waals surface area (Å²) >= 11 is 0. The number of hydrogen-bond donors (Lipinski definition) is 1. The molecule has 0 heterocycles. The zero-order valence-corrected chi connectivity index (χ0v) is 30.5. The van der Waals surface area contributed by atoms with Crippen molar-refractivity contribution in [1.82, 2.24) is 0 Å². The molecular weight excluding hydrogens is 603 g/mol. The lowest BCUT2D eigenvalue weighted by Gasteiger charge is -2.19. The van der Waals surface area contributed by atoms with Crippen LogP contribution in [0.4, 0.5) is 0 Å². The summed E-state index contributed by atoms with van der Waals surface area (Å²) in [5, 5.41) is 0. The standard InChI is InChI=1S/C47H47N.C2H6/c1-3-14-36(4-2)44-31-45(40-27-23-38(24-28-40)37-17-10-6-11-18-37)33-46(32-44)41-29-25-39(26-30-41)43(22-21-35-15-8-5-9-16-35)34-47(48)42-19-12-7-13-20-42;1-2/h3-4,7-8,10,12-20,22-23,25-27,29-34H,5-6,9,11,21,24,28,48H2,1-2H3;1-2H3/b14-3-,36-4+,43-22+,47-34-;. The topological polar surface area (TPSA) is 26.0 Å². The smallest absolute Gasteiger partial charge is 0.0393 e. The fourth-order valence-electron chi connectivity index (χ4n) is 6.70. The van der Waals surface area contributed by atoms with E-state index in [0.717, 1.165) is 67.3 Å². The van der Waals surface area contributed by atoms with Crippen molar-refractivity contribution >= 4 is 22.4 Å². The Balaban J connectivity index is 0.00000239. The molecule has 0 bridgehead atoms. The Bertz CT molecular complexity index is 1930. The predicted octanol–water partition coefficient (Wildman–Crippen LogP) is 13.8. The van der Waals surface area contributed by atoms with Gasteiger partial charge in [-0.05, 0) is 150 Å². The summed E-state index contributed by atoms with van der Waals surface area (Å²) in [5.41, 5.74) is 22.6. The first-order chi connectivity index (χ1) is 24.6. The van der Waals surface area contributed by atoms with Crippen molar-refractivity contribution in [3.63, 3.8) is 0 Å². The highest BCUT2D eigenvalue weighted by molar-refractivity contribution is 5.86. The van der Waals surface area contributed by atoms with Crippen LogP contribution in [-0.4, -0.2) is 0 Å². The van der Waals surface area contributed by atoms with Crippen LogP contribution in [0.3, 0.4) is 0 Å². The average molecular weight is 656 g/mol. The van der Waals surface area contributed by atoms with Gasteiger partial charge >= 0.3 is 0 Å². The summed E-state index contributed by atoms with van der Waals surface area (Å²) in [5.74, 6) is 0. The fraction of sp³-hybridized carbons (Fsp3) is 0.224. The van der Waals surface area contributed by atoms with Crippen LogP contribution in [0.15, 0.2) is 169 Å². The lowest BCUT2D eigenvalue weighted by atomic mass is 9.86. The molecule has 0 fully saturated rings. The van der Waals surface area contributed by atoms with Crippen LogP contribution in [0.1, 0.15) is 94.9 Å². The molecule has 3 aromatic rings. The van der Waals surface area contributed by atoms with Gasteiger partial charge in [0.1, 0.15) is 0 Å². The molecule has 2 N–H and O–H groups in total. The first-order valence-electron chi connectivity index (χ1n) is 18.5. The van der Waals surface area contributed by atoms with Crippen LogP contribution < -0.4 is 5.73 Å². The van der Waals surface area contributed by atoms with E-state index in [4.69, 9.17) is 5.73 Å². The number of hydrogen-bond acceptors (Lipinski definition) is 1. The van der Waals surface area contributed by atoms with Gasteiger partial charge in [-0.25, -0.2) is 0 Å². The van der Waals surface area contributed by atoms with E-state index in [1.807, 2.05) is 32.0 Å². The Morgan fingerprint density at radius 1 is 0.660 bits per heavy atom. The van der Waals surface area contributed by atoms with Gasteiger partial charge in [-0.1, -0.05) is 141 Å². The van der Waals surface area contributed by atoms with Crippen LogP contribution >= 0.6 is 0 Å². The third kappa shape index (κ3) is 9.51. The molecule has 0 aromatic heterocycles. The minimum absolute atomic E-state index is 0.771. The maximum absolute atomic E-state index is 6.65. The number of rotatable bonds is 10. The van der Waals surface area contributed by atoms with Gasteiger partial charge < -0.3 is 5.73 Å². The van der Waals surface area contributed by atoms with Gasteiger partial charge in [-0.15, -0.1) is 0 Å². The number of benzene rings is 3. The molecule has 0 amide bonds. The Morgan fingerprint density at radius 3 is 2.00 bits per heavy atom. The fourth-order valence-corrected chi connectivity index (χ4v) is 6.70. The molecule has 0 saturated carbocycles. The summed E-state index contributed by atoms with van der Waals surface area (Å²) in [4.78, 5) is 0. The summed E-state index contributed by atoms with van der Waals surface area (Å²) in [6, 6.07) is 26.3. The maximum atomic E-state index is 6.65. The number of allylic oxidation sites excluding steroid dienone is 19. The van der Waals surface area contributed by atoms with Crippen LogP contribution in [0.25, 0.3) is 33.5 Å². The Hall–Kier alpha value is -5.14. The minimum Gasteiger partial charge on any atom is -0.398 e. The molecule has 1 nitrogen and oxygen atoms in total. The van der Waals surface area contributed by atoms with E-state index in [-0.39, 0.29) is 0 Å². The molecule has 6 rings (SSSR count). The van der Waals surface area contributed by atoms with Gasteiger partial charge in [0.05, 0.1) is 0 Å². The van der Waals surface area contributed by atoms with Crippen LogP contribution in [0.2, 0.25) is 0 Å². The van der Waals surface area contributed by atoms with Gasteiger partial charge in [-0.3, -0.25) is 0 Å². The second-order valence-electron chi connectivity index (χ2n) is 12.7. The maximum Gasteiger partial charge on any atom is 0.0393 e. The Morgan fingerprint density at radius 2 is 1.36 bits per heavy atom. The van der Waals surface area contributed by atoms with E-state index in [1.165, 1.54) is 50.1 Å². The van der Waals surface area contributed by atoms with Crippen molar-refractivity contribution in [2.24, 2.45) is 5.73 Å². The first-order valence-corrected chi connectivity index (χ1v) is 18.5. The molecule has 0 spiro atoms. The highest BCUT2D eigenvalue weighted by Crippen LogP contribution is 2.36. The van der Waals surface area contributed by atoms with Crippen LogP contribution in [-0.2, 0) is 0 Å². The van der Waals surface area contributed by atoms with Crippen molar-refractivity contribution < 1.29 is 0 Å². The van der Waals surface area contributed by atoms with Crippen LogP contribution in [0, 0.1) is 0 Å². The van der Waals surface area contributed by atoms with E-state index in [2.05, 4.69) is 147 Å². The van der Waals surface area contributed by atoms with Crippen molar-refractivity contribution in [3.8, 4) is 11.1 Å². The van der Waals surface area contributed by atoms with Gasteiger partial charge in [0, 0.05) is 5.70 Å². The summed E-state index contributed by atoms with van der Waals surface area (Å²) < 4.78 is 0. The number of nitrogens with two attached hydrogens (primary N) is 1. The SMILES string of the molecule is C/C=C\C(=C/C)c1cc(C2=CC=C(C3=CCCC=C3)CC2)cc(-c2ccc(C(/C=C(\N)c3ccccc3)=C/CC3=CCCC=C3)cc2)c1.CC. The highest BCUT2D eigenvalue weighted by atomic mass is 14.6.